The minimum Gasteiger partial charge on any atom is -0.496 e. The molecule has 0 bridgehead atoms. The van der Waals surface area contributed by atoms with Crippen LogP contribution in [0.25, 0.3) is 5.78 Å². The molecule has 7 heteroatoms. The Morgan fingerprint density at radius 3 is 2.89 bits per heavy atom. The van der Waals surface area contributed by atoms with E-state index in [9.17, 15) is 4.79 Å². The van der Waals surface area contributed by atoms with Crippen LogP contribution in [0.2, 0.25) is 0 Å². The van der Waals surface area contributed by atoms with Crippen LogP contribution in [-0.4, -0.2) is 52.0 Å². The molecule has 144 valence electrons. The quantitative estimate of drug-likeness (QED) is 0.685. The summed E-state index contributed by atoms with van der Waals surface area (Å²) in [6.07, 6.45) is 7.65. The predicted molar refractivity (Wildman–Crippen MR) is 102 cm³/mol. The van der Waals surface area contributed by atoms with Gasteiger partial charge in [-0.15, -0.1) is 0 Å². The number of piperidine rings is 1. The van der Waals surface area contributed by atoms with Crippen molar-refractivity contribution in [3.05, 3.63) is 59.7 Å². The van der Waals surface area contributed by atoms with Crippen molar-refractivity contribution in [3.63, 3.8) is 0 Å². The van der Waals surface area contributed by atoms with Gasteiger partial charge >= 0.3 is 0 Å². The molecule has 0 aliphatic carbocycles. The molecule has 1 spiro atoms. The highest BCUT2D eigenvalue weighted by molar-refractivity contribution is 5.92. The van der Waals surface area contributed by atoms with Crippen molar-refractivity contribution in [1.82, 2.24) is 19.3 Å². The van der Waals surface area contributed by atoms with E-state index >= 15 is 0 Å². The van der Waals surface area contributed by atoms with E-state index in [1.807, 2.05) is 29.3 Å². The number of ether oxygens (including phenoxy) is 2. The topological polar surface area (TPSA) is 69.0 Å². The summed E-state index contributed by atoms with van der Waals surface area (Å²) in [6.45, 7) is 1.95. The SMILES string of the molecule is COc1cccc2c1C1(CCN(C(=O)c3cn4cccnc4n3)CC1)OCC2. The number of benzene rings is 1. The molecule has 3 aromatic rings. The summed E-state index contributed by atoms with van der Waals surface area (Å²) in [4.78, 5) is 23.4. The van der Waals surface area contributed by atoms with Crippen LogP contribution in [0.15, 0.2) is 42.9 Å². The van der Waals surface area contributed by atoms with Crippen molar-refractivity contribution in [2.24, 2.45) is 0 Å². The van der Waals surface area contributed by atoms with E-state index in [1.54, 1.807) is 23.9 Å². The summed E-state index contributed by atoms with van der Waals surface area (Å²) < 4.78 is 13.7. The number of carbonyl (C=O) groups is 1. The molecule has 1 fully saturated rings. The van der Waals surface area contributed by atoms with Crippen LogP contribution in [0.5, 0.6) is 5.75 Å². The smallest absolute Gasteiger partial charge is 0.274 e. The zero-order valence-corrected chi connectivity index (χ0v) is 15.8. The first-order valence-electron chi connectivity index (χ1n) is 9.59. The number of amides is 1. The molecule has 0 N–H and O–H groups in total. The Morgan fingerprint density at radius 2 is 2.11 bits per heavy atom. The minimum absolute atomic E-state index is 0.0589. The maximum atomic E-state index is 13.0. The van der Waals surface area contributed by atoms with E-state index in [0.29, 0.717) is 31.2 Å². The molecular formula is C21H22N4O3. The van der Waals surface area contributed by atoms with Gasteiger partial charge in [0.05, 0.1) is 13.7 Å². The van der Waals surface area contributed by atoms with Crippen LogP contribution < -0.4 is 4.74 Å². The van der Waals surface area contributed by atoms with Gasteiger partial charge in [0.15, 0.2) is 0 Å². The molecule has 4 heterocycles. The highest BCUT2D eigenvalue weighted by atomic mass is 16.5. The van der Waals surface area contributed by atoms with E-state index in [-0.39, 0.29) is 11.5 Å². The average Bonchev–Trinajstić information content (AvgIpc) is 3.18. The Balaban J connectivity index is 1.39. The van der Waals surface area contributed by atoms with Gasteiger partial charge in [0.1, 0.15) is 17.0 Å². The van der Waals surface area contributed by atoms with Gasteiger partial charge in [0.25, 0.3) is 5.91 Å². The normalized spacial score (nSPS) is 18.2. The lowest BCUT2D eigenvalue weighted by molar-refractivity contribution is -0.0947. The Hall–Kier alpha value is -2.93. The van der Waals surface area contributed by atoms with Crippen LogP contribution in [0.4, 0.5) is 0 Å². The zero-order valence-electron chi connectivity index (χ0n) is 15.8. The molecule has 2 aliphatic rings. The largest absolute Gasteiger partial charge is 0.496 e. The lowest BCUT2D eigenvalue weighted by Crippen LogP contribution is -2.48. The predicted octanol–water partition coefficient (Wildman–Crippen LogP) is 2.44. The molecule has 2 aromatic heterocycles. The Morgan fingerprint density at radius 1 is 1.25 bits per heavy atom. The number of carbonyl (C=O) groups excluding carboxylic acids is 1. The van der Waals surface area contributed by atoms with Gasteiger partial charge in [-0.05, 0) is 37.0 Å². The maximum absolute atomic E-state index is 13.0. The fraction of sp³-hybridized carbons (Fsp3) is 0.381. The molecule has 0 radical (unpaired) electrons. The number of imidazole rings is 1. The van der Waals surface area contributed by atoms with Crippen molar-refractivity contribution < 1.29 is 14.3 Å². The third kappa shape index (κ3) is 2.65. The zero-order chi connectivity index (χ0) is 19.1. The molecule has 5 rings (SSSR count). The van der Waals surface area contributed by atoms with Crippen LogP contribution in [0, 0.1) is 0 Å². The molecule has 0 unspecified atom stereocenters. The third-order valence-electron chi connectivity index (χ3n) is 5.85. The molecule has 1 saturated heterocycles. The molecule has 0 saturated carbocycles. The molecule has 28 heavy (non-hydrogen) atoms. The Kier molecular flexibility index (Phi) is 4.05. The minimum atomic E-state index is -0.378. The first-order valence-corrected chi connectivity index (χ1v) is 9.59. The number of hydrogen-bond acceptors (Lipinski definition) is 5. The second-order valence-corrected chi connectivity index (χ2v) is 7.33. The maximum Gasteiger partial charge on any atom is 0.274 e. The number of nitrogens with zero attached hydrogens (tertiary/aromatic N) is 4. The standard InChI is InChI=1S/C21H22N4O3/c1-27-17-5-2-4-15-6-13-28-21(18(15)17)7-11-24(12-8-21)19(26)16-14-25-10-3-9-22-20(25)23-16/h2-5,9-10,14H,6-8,11-13H2,1H3. The van der Waals surface area contributed by atoms with Gasteiger partial charge in [-0.1, -0.05) is 12.1 Å². The van der Waals surface area contributed by atoms with Crippen molar-refractivity contribution in [1.29, 1.82) is 0 Å². The van der Waals surface area contributed by atoms with Gasteiger partial charge in [0.2, 0.25) is 5.78 Å². The number of aromatic nitrogens is 3. The second-order valence-electron chi connectivity index (χ2n) is 7.33. The van der Waals surface area contributed by atoms with E-state index in [4.69, 9.17) is 9.47 Å². The van der Waals surface area contributed by atoms with E-state index in [1.165, 1.54) is 5.56 Å². The van der Waals surface area contributed by atoms with E-state index in [2.05, 4.69) is 16.0 Å². The van der Waals surface area contributed by atoms with E-state index < -0.39 is 0 Å². The van der Waals surface area contributed by atoms with Crippen molar-refractivity contribution in [2.45, 2.75) is 24.9 Å². The summed E-state index contributed by atoms with van der Waals surface area (Å²) in [7, 11) is 1.70. The molecule has 2 aliphatic heterocycles. The average molecular weight is 378 g/mol. The summed E-state index contributed by atoms with van der Waals surface area (Å²) in [5, 5.41) is 0. The van der Waals surface area contributed by atoms with Gasteiger partial charge in [-0.3, -0.25) is 9.20 Å². The number of likely N-dealkylation sites (tertiary alicyclic amines) is 1. The van der Waals surface area contributed by atoms with Crippen LogP contribution in [-0.2, 0) is 16.8 Å². The molecule has 1 aromatic carbocycles. The first-order chi connectivity index (χ1) is 13.7. The van der Waals surface area contributed by atoms with Crippen LogP contribution >= 0.6 is 0 Å². The molecule has 7 nitrogen and oxygen atoms in total. The lowest BCUT2D eigenvalue weighted by atomic mass is 9.78. The van der Waals surface area contributed by atoms with Crippen LogP contribution in [0.1, 0.15) is 34.5 Å². The number of hydrogen-bond donors (Lipinski definition) is 0. The van der Waals surface area contributed by atoms with Crippen LogP contribution in [0.3, 0.4) is 0 Å². The Labute approximate surface area is 162 Å². The third-order valence-corrected chi connectivity index (χ3v) is 5.85. The summed E-state index contributed by atoms with van der Waals surface area (Å²) in [6, 6.07) is 8.01. The van der Waals surface area contributed by atoms with Crippen molar-refractivity contribution in [2.75, 3.05) is 26.8 Å². The highest BCUT2D eigenvalue weighted by Crippen LogP contribution is 2.45. The lowest BCUT2D eigenvalue weighted by Gasteiger charge is -2.45. The van der Waals surface area contributed by atoms with Crippen molar-refractivity contribution >= 4 is 11.7 Å². The summed E-state index contributed by atoms with van der Waals surface area (Å²) >= 11 is 0. The van der Waals surface area contributed by atoms with E-state index in [0.717, 1.165) is 30.6 Å². The fourth-order valence-electron chi connectivity index (χ4n) is 4.46. The van der Waals surface area contributed by atoms with Gasteiger partial charge in [-0.2, -0.15) is 0 Å². The molecular weight excluding hydrogens is 356 g/mol. The molecule has 1 amide bonds. The second kappa shape index (κ2) is 6.60. The molecule has 0 atom stereocenters. The fourth-order valence-corrected chi connectivity index (χ4v) is 4.46. The highest BCUT2D eigenvalue weighted by Gasteiger charge is 2.43. The Bertz CT molecular complexity index is 990. The summed E-state index contributed by atoms with van der Waals surface area (Å²) in [5.41, 5.74) is 2.50. The number of rotatable bonds is 2. The van der Waals surface area contributed by atoms with Crippen molar-refractivity contribution in [3.8, 4) is 5.75 Å². The summed E-state index contributed by atoms with van der Waals surface area (Å²) in [5.74, 6) is 1.36. The first kappa shape index (κ1) is 17.2. The van der Waals surface area contributed by atoms with Gasteiger partial charge in [-0.25, -0.2) is 9.97 Å². The number of methoxy groups -OCH3 is 1. The van der Waals surface area contributed by atoms with Gasteiger partial charge in [0, 0.05) is 37.2 Å². The number of fused-ring (bicyclic) bond motifs is 3. The monoisotopic (exact) mass is 378 g/mol. The van der Waals surface area contributed by atoms with Gasteiger partial charge < -0.3 is 14.4 Å².